The van der Waals surface area contributed by atoms with Crippen molar-refractivity contribution in [1.82, 2.24) is 0 Å². The van der Waals surface area contributed by atoms with Crippen LogP contribution >= 0.6 is 11.8 Å². The summed E-state index contributed by atoms with van der Waals surface area (Å²) in [4.78, 5) is 0. The topological polar surface area (TPSA) is 26.0 Å². The van der Waals surface area contributed by atoms with E-state index in [1.807, 2.05) is 6.92 Å². The molecule has 1 atom stereocenters. The van der Waals surface area contributed by atoms with Crippen LogP contribution in [0.5, 0.6) is 0 Å². The van der Waals surface area contributed by atoms with Gasteiger partial charge in [0.25, 0.3) is 0 Å². The molecule has 0 aliphatic carbocycles. The van der Waals surface area contributed by atoms with Crippen LogP contribution in [0.1, 0.15) is 6.92 Å². The molecule has 0 rings (SSSR count). The van der Waals surface area contributed by atoms with Gasteiger partial charge in [-0.3, -0.25) is 0 Å². The average Bonchev–Trinajstić information content (AvgIpc) is 1.85. The Hall–Kier alpha value is 1.80. The SMILES string of the molecule is CC(CN)CSC[B-](F)(F)F.[K+]. The Bertz CT molecular complexity index is 113. The Morgan fingerprint density at radius 2 is 1.92 bits per heavy atom. The van der Waals surface area contributed by atoms with Crippen molar-refractivity contribution in [1.29, 1.82) is 0 Å². The quantitative estimate of drug-likeness (QED) is 0.589. The number of rotatable bonds is 5. The standard InChI is InChI=1S/C5H12BF3NS.K/c1-5(2-10)3-11-4-6(7,8)9;/h5H,2-4,10H2,1H3;/q-1;+1. The van der Waals surface area contributed by atoms with Gasteiger partial charge < -0.3 is 18.7 Å². The zero-order valence-electron chi connectivity index (χ0n) is 7.40. The molecule has 0 aromatic rings. The van der Waals surface area contributed by atoms with Crippen molar-refractivity contribution in [3.05, 3.63) is 0 Å². The zero-order valence-corrected chi connectivity index (χ0v) is 11.3. The summed E-state index contributed by atoms with van der Waals surface area (Å²) < 4.78 is 34.9. The predicted octanol–water partition coefficient (Wildman–Crippen LogP) is -1.29. The van der Waals surface area contributed by atoms with Crippen molar-refractivity contribution >= 4 is 18.7 Å². The van der Waals surface area contributed by atoms with E-state index in [4.69, 9.17) is 5.73 Å². The molecule has 1 nitrogen and oxygen atoms in total. The van der Waals surface area contributed by atoms with Crippen molar-refractivity contribution < 1.29 is 64.3 Å². The fraction of sp³-hybridized carbons (Fsp3) is 1.00. The van der Waals surface area contributed by atoms with E-state index in [2.05, 4.69) is 0 Å². The molecule has 0 fully saturated rings. The maximum Gasteiger partial charge on any atom is 1.00 e. The van der Waals surface area contributed by atoms with Gasteiger partial charge in [-0.05, 0) is 23.9 Å². The molecule has 0 amide bonds. The Kier molecular flexibility index (Phi) is 11.0. The van der Waals surface area contributed by atoms with Gasteiger partial charge in [0.2, 0.25) is 0 Å². The smallest absolute Gasteiger partial charge is 0.448 e. The van der Waals surface area contributed by atoms with Gasteiger partial charge >= 0.3 is 58.4 Å². The summed E-state index contributed by atoms with van der Waals surface area (Å²) in [6.45, 7) is -2.32. The molecule has 1 unspecified atom stereocenters. The molecule has 0 spiro atoms. The second-order valence-corrected chi connectivity index (χ2v) is 3.66. The maximum atomic E-state index is 11.6. The van der Waals surface area contributed by atoms with Gasteiger partial charge in [-0.15, -0.1) is 0 Å². The van der Waals surface area contributed by atoms with Crippen LogP contribution in [-0.4, -0.2) is 24.9 Å². The predicted molar refractivity (Wildman–Crippen MR) is 44.6 cm³/mol. The molecule has 0 radical (unpaired) electrons. The summed E-state index contributed by atoms with van der Waals surface area (Å²) in [5.74, 6) is 0.677. The molecule has 7 heteroatoms. The molecular formula is C5H12BF3KNS. The Morgan fingerprint density at radius 1 is 1.42 bits per heavy atom. The molecule has 0 saturated carbocycles. The van der Waals surface area contributed by atoms with Crippen LogP contribution in [0.3, 0.4) is 0 Å². The minimum Gasteiger partial charge on any atom is -0.448 e. The van der Waals surface area contributed by atoms with Crippen molar-refractivity contribution in [2.75, 3.05) is 17.9 Å². The molecule has 0 bridgehead atoms. The molecule has 68 valence electrons. The third-order valence-electron chi connectivity index (χ3n) is 1.11. The first kappa shape index (κ1) is 16.2. The van der Waals surface area contributed by atoms with Gasteiger partial charge in [-0.2, -0.15) is 11.8 Å². The van der Waals surface area contributed by atoms with Gasteiger partial charge in [0, 0.05) is 0 Å². The van der Waals surface area contributed by atoms with E-state index < -0.39 is 12.6 Å². The molecule has 0 aliphatic rings. The van der Waals surface area contributed by atoms with Crippen LogP contribution in [-0.2, 0) is 0 Å². The van der Waals surface area contributed by atoms with Gasteiger partial charge in [-0.25, -0.2) is 0 Å². The van der Waals surface area contributed by atoms with Crippen LogP contribution < -0.4 is 57.1 Å². The number of nitrogens with two attached hydrogens (primary N) is 1. The molecule has 12 heavy (non-hydrogen) atoms. The molecule has 0 aliphatic heterocycles. The monoisotopic (exact) mass is 225 g/mol. The molecule has 2 N–H and O–H groups in total. The van der Waals surface area contributed by atoms with Crippen molar-refractivity contribution in [2.24, 2.45) is 11.7 Å². The largest absolute Gasteiger partial charge is 1.00 e. The van der Waals surface area contributed by atoms with Crippen molar-refractivity contribution in [2.45, 2.75) is 6.92 Å². The fourth-order valence-corrected chi connectivity index (χ4v) is 1.41. The maximum absolute atomic E-state index is 11.6. The van der Waals surface area contributed by atoms with Crippen LogP contribution in [0.25, 0.3) is 0 Å². The van der Waals surface area contributed by atoms with Crippen molar-refractivity contribution in [3.63, 3.8) is 0 Å². The van der Waals surface area contributed by atoms with Gasteiger partial charge in [0.1, 0.15) is 0 Å². The van der Waals surface area contributed by atoms with E-state index in [-0.39, 0.29) is 57.3 Å². The third-order valence-corrected chi connectivity index (χ3v) is 2.53. The van der Waals surface area contributed by atoms with E-state index >= 15 is 0 Å². The van der Waals surface area contributed by atoms with E-state index in [1.54, 1.807) is 0 Å². The molecule has 0 aromatic heterocycles. The molecular weight excluding hydrogens is 213 g/mol. The van der Waals surface area contributed by atoms with Gasteiger partial charge in [0.05, 0.1) is 0 Å². The first-order valence-electron chi connectivity index (χ1n) is 3.44. The Balaban J connectivity index is 0. The normalized spacial score (nSPS) is 13.8. The first-order valence-corrected chi connectivity index (χ1v) is 4.60. The first-order chi connectivity index (χ1) is 4.95. The summed E-state index contributed by atoms with van der Waals surface area (Å²) in [6.07, 6.45) is 0. The van der Waals surface area contributed by atoms with Crippen LogP contribution in [0.15, 0.2) is 0 Å². The molecule has 0 aromatic carbocycles. The van der Waals surface area contributed by atoms with E-state index in [9.17, 15) is 12.9 Å². The van der Waals surface area contributed by atoms with E-state index in [1.165, 1.54) is 0 Å². The summed E-state index contributed by atoms with van der Waals surface area (Å²) in [7, 11) is 0. The number of halogens is 3. The fourth-order valence-electron chi connectivity index (χ4n) is 0.471. The average molecular weight is 225 g/mol. The van der Waals surface area contributed by atoms with Crippen LogP contribution in [0, 0.1) is 5.92 Å². The van der Waals surface area contributed by atoms with Crippen molar-refractivity contribution in [3.8, 4) is 0 Å². The molecule has 0 heterocycles. The summed E-state index contributed by atoms with van der Waals surface area (Å²) in [6, 6.07) is 0. The van der Waals surface area contributed by atoms with Gasteiger partial charge in [-0.1, -0.05) is 6.92 Å². The van der Waals surface area contributed by atoms with E-state index in [0.717, 1.165) is 11.8 Å². The summed E-state index contributed by atoms with van der Waals surface area (Å²) in [5.41, 5.74) is 4.53. The Morgan fingerprint density at radius 3 is 2.25 bits per heavy atom. The minimum absolute atomic E-state index is 0. The number of thioether (sulfide) groups is 1. The Labute approximate surface area is 118 Å². The van der Waals surface area contributed by atoms with Gasteiger partial charge in [0.15, 0.2) is 0 Å². The molecule has 0 saturated heterocycles. The number of hydrogen-bond donors (Lipinski definition) is 1. The third kappa shape index (κ3) is 11.8. The minimum atomic E-state index is -4.62. The second kappa shape index (κ2) is 8.14. The summed E-state index contributed by atoms with van der Waals surface area (Å²) >= 11 is 0.916. The second-order valence-electron chi connectivity index (χ2n) is 2.59. The van der Waals surface area contributed by atoms with Crippen LogP contribution in [0.4, 0.5) is 12.9 Å². The zero-order chi connectivity index (χ0) is 8.91. The van der Waals surface area contributed by atoms with Crippen LogP contribution in [0.2, 0.25) is 0 Å². The van der Waals surface area contributed by atoms with E-state index in [0.29, 0.717) is 12.3 Å². The summed E-state index contributed by atoms with van der Waals surface area (Å²) in [5, 5.41) is 0. The number of hydrogen-bond acceptors (Lipinski definition) is 2.